The van der Waals surface area contributed by atoms with Crippen molar-refractivity contribution in [2.24, 2.45) is 5.92 Å². The SMILES string of the molecule is CCCOc1cncc(C(=O)C(OC)C2CC2)c1. The van der Waals surface area contributed by atoms with E-state index in [1.54, 1.807) is 25.6 Å². The Bertz CT molecular complexity index is 415. The highest BCUT2D eigenvalue weighted by molar-refractivity contribution is 5.99. The first-order valence-electron chi connectivity index (χ1n) is 6.41. The van der Waals surface area contributed by atoms with Crippen LogP contribution in [-0.2, 0) is 4.74 Å². The van der Waals surface area contributed by atoms with E-state index in [0.717, 1.165) is 19.3 Å². The van der Waals surface area contributed by atoms with Crippen molar-refractivity contribution in [2.45, 2.75) is 32.3 Å². The molecule has 0 spiro atoms. The minimum Gasteiger partial charge on any atom is -0.492 e. The molecule has 1 fully saturated rings. The molecule has 0 bridgehead atoms. The minimum absolute atomic E-state index is 0.00875. The van der Waals surface area contributed by atoms with Gasteiger partial charge in [-0.15, -0.1) is 0 Å². The van der Waals surface area contributed by atoms with Crippen LogP contribution in [0, 0.1) is 5.92 Å². The lowest BCUT2D eigenvalue weighted by molar-refractivity contribution is 0.0539. The molecule has 4 heteroatoms. The molecule has 1 aromatic rings. The van der Waals surface area contributed by atoms with E-state index in [1.807, 2.05) is 6.92 Å². The number of rotatable bonds is 7. The van der Waals surface area contributed by atoms with Crippen LogP contribution in [0.2, 0.25) is 0 Å². The highest BCUT2D eigenvalue weighted by Crippen LogP contribution is 2.35. The molecule has 2 rings (SSSR count). The van der Waals surface area contributed by atoms with Crippen molar-refractivity contribution in [3.05, 3.63) is 24.0 Å². The fourth-order valence-electron chi connectivity index (χ4n) is 1.93. The van der Waals surface area contributed by atoms with E-state index in [0.29, 0.717) is 23.8 Å². The van der Waals surface area contributed by atoms with Gasteiger partial charge in [0.05, 0.1) is 12.8 Å². The van der Waals surface area contributed by atoms with Crippen LogP contribution < -0.4 is 4.74 Å². The predicted molar refractivity (Wildman–Crippen MR) is 67.9 cm³/mol. The molecule has 0 amide bonds. The lowest BCUT2D eigenvalue weighted by Gasteiger charge is -2.13. The monoisotopic (exact) mass is 249 g/mol. The quantitative estimate of drug-likeness (QED) is 0.696. The van der Waals surface area contributed by atoms with Gasteiger partial charge < -0.3 is 9.47 Å². The van der Waals surface area contributed by atoms with E-state index < -0.39 is 0 Å². The molecule has 4 nitrogen and oxygen atoms in total. The Morgan fingerprint density at radius 2 is 2.28 bits per heavy atom. The van der Waals surface area contributed by atoms with Crippen molar-refractivity contribution in [2.75, 3.05) is 13.7 Å². The molecule has 1 saturated carbocycles. The number of nitrogens with zero attached hydrogens (tertiary/aromatic N) is 1. The van der Waals surface area contributed by atoms with Crippen LogP contribution in [0.3, 0.4) is 0 Å². The van der Waals surface area contributed by atoms with Crippen molar-refractivity contribution in [1.82, 2.24) is 4.98 Å². The van der Waals surface area contributed by atoms with Crippen molar-refractivity contribution in [3.63, 3.8) is 0 Å². The second kappa shape index (κ2) is 5.96. The molecule has 1 aliphatic carbocycles. The molecule has 1 aliphatic rings. The number of pyridine rings is 1. The zero-order chi connectivity index (χ0) is 13.0. The van der Waals surface area contributed by atoms with Crippen LogP contribution in [0.25, 0.3) is 0 Å². The largest absolute Gasteiger partial charge is 0.492 e. The molecule has 0 radical (unpaired) electrons. The molecule has 0 N–H and O–H groups in total. The average Bonchev–Trinajstić information content (AvgIpc) is 3.22. The van der Waals surface area contributed by atoms with Crippen molar-refractivity contribution >= 4 is 5.78 Å². The number of carbonyl (C=O) groups is 1. The van der Waals surface area contributed by atoms with Gasteiger partial charge in [-0.3, -0.25) is 9.78 Å². The minimum atomic E-state index is -0.326. The molecule has 1 heterocycles. The molecule has 98 valence electrons. The second-order valence-corrected chi connectivity index (χ2v) is 4.62. The van der Waals surface area contributed by atoms with Crippen LogP contribution in [0.15, 0.2) is 18.5 Å². The fourth-order valence-corrected chi connectivity index (χ4v) is 1.93. The van der Waals surface area contributed by atoms with Crippen LogP contribution in [-0.4, -0.2) is 30.6 Å². The summed E-state index contributed by atoms with van der Waals surface area (Å²) in [5.74, 6) is 1.03. The number of hydrogen-bond acceptors (Lipinski definition) is 4. The van der Waals surface area contributed by atoms with Gasteiger partial charge in [0, 0.05) is 18.9 Å². The van der Waals surface area contributed by atoms with Gasteiger partial charge in [0.1, 0.15) is 11.9 Å². The van der Waals surface area contributed by atoms with Gasteiger partial charge in [-0.1, -0.05) is 6.92 Å². The summed E-state index contributed by atoms with van der Waals surface area (Å²) in [5, 5.41) is 0. The van der Waals surface area contributed by atoms with Gasteiger partial charge in [-0.05, 0) is 31.2 Å². The van der Waals surface area contributed by atoms with Crippen LogP contribution in [0.5, 0.6) is 5.75 Å². The van der Waals surface area contributed by atoms with Gasteiger partial charge in [-0.25, -0.2) is 0 Å². The Morgan fingerprint density at radius 1 is 1.50 bits per heavy atom. The van der Waals surface area contributed by atoms with Crippen LogP contribution >= 0.6 is 0 Å². The molecular formula is C14H19NO3. The average molecular weight is 249 g/mol. The van der Waals surface area contributed by atoms with Gasteiger partial charge >= 0.3 is 0 Å². The van der Waals surface area contributed by atoms with Crippen LogP contribution in [0.1, 0.15) is 36.5 Å². The highest BCUT2D eigenvalue weighted by atomic mass is 16.5. The zero-order valence-electron chi connectivity index (χ0n) is 10.9. The summed E-state index contributed by atoms with van der Waals surface area (Å²) in [5.41, 5.74) is 0.572. The van der Waals surface area contributed by atoms with Gasteiger partial charge in [0.15, 0.2) is 5.78 Å². The predicted octanol–water partition coefficient (Wildman–Crippen LogP) is 2.48. The maximum absolute atomic E-state index is 12.3. The normalized spacial score (nSPS) is 16.3. The Morgan fingerprint density at radius 3 is 2.89 bits per heavy atom. The summed E-state index contributed by atoms with van der Waals surface area (Å²) in [6.07, 6.45) is 5.96. The molecule has 0 aliphatic heterocycles. The van der Waals surface area contributed by atoms with E-state index in [4.69, 9.17) is 9.47 Å². The second-order valence-electron chi connectivity index (χ2n) is 4.62. The first kappa shape index (κ1) is 13.0. The third kappa shape index (κ3) is 3.07. The first-order valence-corrected chi connectivity index (χ1v) is 6.41. The summed E-state index contributed by atoms with van der Waals surface area (Å²) in [4.78, 5) is 16.3. The molecule has 0 saturated heterocycles. The maximum atomic E-state index is 12.3. The van der Waals surface area contributed by atoms with Gasteiger partial charge in [-0.2, -0.15) is 0 Å². The Balaban J connectivity index is 2.08. The fraction of sp³-hybridized carbons (Fsp3) is 0.571. The van der Waals surface area contributed by atoms with Crippen LogP contribution in [0.4, 0.5) is 0 Å². The third-order valence-corrected chi connectivity index (χ3v) is 3.03. The van der Waals surface area contributed by atoms with E-state index in [2.05, 4.69) is 4.98 Å². The highest BCUT2D eigenvalue weighted by Gasteiger charge is 2.36. The summed E-state index contributed by atoms with van der Waals surface area (Å²) < 4.78 is 10.8. The molecular weight excluding hydrogens is 230 g/mol. The van der Waals surface area contributed by atoms with Crippen molar-refractivity contribution in [1.29, 1.82) is 0 Å². The molecule has 18 heavy (non-hydrogen) atoms. The summed E-state index contributed by atoms with van der Waals surface area (Å²) >= 11 is 0. The Hall–Kier alpha value is -1.42. The third-order valence-electron chi connectivity index (χ3n) is 3.03. The lowest BCUT2D eigenvalue weighted by Crippen LogP contribution is -2.25. The van der Waals surface area contributed by atoms with Gasteiger partial charge in [0.2, 0.25) is 0 Å². The summed E-state index contributed by atoms with van der Waals surface area (Å²) in [6, 6.07) is 1.75. The van der Waals surface area contributed by atoms with Crippen molar-refractivity contribution in [3.8, 4) is 5.75 Å². The Kier molecular flexibility index (Phi) is 4.31. The molecule has 1 unspecified atom stereocenters. The number of aromatic nitrogens is 1. The Labute approximate surface area is 107 Å². The topological polar surface area (TPSA) is 48.4 Å². The number of ketones is 1. The molecule has 1 atom stereocenters. The smallest absolute Gasteiger partial charge is 0.193 e. The summed E-state index contributed by atoms with van der Waals surface area (Å²) in [6.45, 7) is 2.67. The number of carbonyl (C=O) groups excluding carboxylic acids is 1. The lowest BCUT2D eigenvalue weighted by atomic mass is 10.0. The molecule has 1 aromatic heterocycles. The van der Waals surface area contributed by atoms with Gasteiger partial charge in [0.25, 0.3) is 0 Å². The van der Waals surface area contributed by atoms with E-state index in [1.165, 1.54) is 0 Å². The number of methoxy groups -OCH3 is 1. The zero-order valence-corrected chi connectivity index (χ0v) is 10.9. The summed E-state index contributed by atoms with van der Waals surface area (Å²) in [7, 11) is 1.59. The number of hydrogen-bond donors (Lipinski definition) is 0. The van der Waals surface area contributed by atoms with E-state index in [-0.39, 0.29) is 11.9 Å². The van der Waals surface area contributed by atoms with E-state index in [9.17, 15) is 4.79 Å². The number of Topliss-reactive ketones (excluding diaryl/α,β-unsaturated/α-hetero) is 1. The molecule has 0 aromatic carbocycles. The van der Waals surface area contributed by atoms with E-state index >= 15 is 0 Å². The maximum Gasteiger partial charge on any atom is 0.193 e. The van der Waals surface area contributed by atoms with Crippen molar-refractivity contribution < 1.29 is 14.3 Å². The number of ether oxygens (including phenoxy) is 2. The standard InChI is InChI=1S/C14H19NO3/c1-3-6-18-12-7-11(8-15-9-12)13(16)14(17-2)10-4-5-10/h7-10,14H,3-6H2,1-2H3. The first-order chi connectivity index (χ1) is 8.76.